The van der Waals surface area contributed by atoms with Gasteiger partial charge in [-0.3, -0.25) is 0 Å². The van der Waals surface area contributed by atoms with Crippen LogP contribution in [0.3, 0.4) is 0 Å². The van der Waals surface area contributed by atoms with E-state index in [0.29, 0.717) is 5.56 Å². The standard InChI is InChI=1S/C25H19NOP.3C6H5.Sn/c27-25(21-13-5-1-6-14-21)26-28(22-15-7-2-8-16-22,23-17-9-3-10-18-23)24-19-11-4-12-20-24;3*1-2-4-6-5-3-1;/h1-13,15-20H;3*1-5H;. The minimum atomic E-state index is -4.12. The molecule has 0 spiro atoms. The molecule has 2 nitrogen and oxygen atoms in total. The first kappa shape index (κ1) is 30.9. The Labute approximate surface area is 281 Å². The number of rotatable bonds is 8. The van der Waals surface area contributed by atoms with Gasteiger partial charge in [-0.25, -0.2) is 0 Å². The van der Waals surface area contributed by atoms with E-state index in [0.717, 1.165) is 19.5 Å². The number of hydrogen-bond acceptors (Lipinski definition) is 1. The van der Waals surface area contributed by atoms with E-state index in [-0.39, 0.29) is 5.91 Å². The van der Waals surface area contributed by atoms with E-state index in [4.69, 9.17) is 4.74 Å². The van der Waals surface area contributed by atoms with Crippen molar-refractivity contribution in [1.82, 2.24) is 0 Å². The molecular formula is C43H34NOPSn. The topological polar surface area (TPSA) is 29.4 Å². The Kier molecular flexibility index (Phi) is 9.15. The monoisotopic (exact) mass is 731 g/mol. The molecule has 0 atom stereocenters. The molecule has 0 bridgehead atoms. The van der Waals surface area contributed by atoms with Crippen molar-refractivity contribution in [3.8, 4) is 0 Å². The van der Waals surface area contributed by atoms with Crippen LogP contribution in [0.15, 0.2) is 211 Å². The number of amides is 1. The van der Waals surface area contributed by atoms with Crippen LogP contribution in [0.1, 0.15) is 10.4 Å². The van der Waals surface area contributed by atoms with E-state index in [2.05, 4.69) is 140 Å². The second kappa shape index (κ2) is 13.9. The van der Waals surface area contributed by atoms with Crippen molar-refractivity contribution < 1.29 is 4.79 Å². The summed E-state index contributed by atoms with van der Waals surface area (Å²) < 4.78 is 10.4. The van der Waals surface area contributed by atoms with Crippen LogP contribution in [-0.4, -0.2) is 24.3 Å². The van der Waals surface area contributed by atoms with Crippen molar-refractivity contribution in [1.29, 1.82) is 0 Å². The molecule has 1 amide bonds. The molecule has 226 valence electrons. The predicted molar refractivity (Wildman–Crippen MR) is 202 cm³/mol. The number of hydrogen-bond donors (Lipinski definition) is 0. The third kappa shape index (κ3) is 5.73. The molecule has 0 unspecified atom stereocenters. The van der Waals surface area contributed by atoms with Gasteiger partial charge in [0.05, 0.1) is 0 Å². The van der Waals surface area contributed by atoms with Gasteiger partial charge in [0.25, 0.3) is 0 Å². The van der Waals surface area contributed by atoms with Crippen LogP contribution in [0.5, 0.6) is 0 Å². The Bertz CT molecular complexity index is 1940. The Morgan fingerprint density at radius 1 is 0.383 bits per heavy atom. The van der Waals surface area contributed by atoms with Crippen LogP contribution in [0.4, 0.5) is 0 Å². The Balaban J connectivity index is 1.58. The Morgan fingerprint density at radius 3 is 1.04 bits per heavy atom. The van der Waals surface area contributed by atoms with Gasteiger partial charge in [-0.15, -0.1) is 0 Å². The summed E-state index contributed by atoms with van der Waals surface area (Å²) in [5, 5.41) is 3.14. The average Bonchev–Trinajstić information content (AvgIpc) is 3.17. The summed E-state index contributed by atoms with van der Waals surface area (Å²) in [4.78, 5) is 15.2. The zero-order valence-corrected chi connectivity index (χ0v) is 29.7. The van der Waals surface area contributed by atoms with Crippen LogP contribution in [0.25, 0.3) is 0 Å². The summed E-state index contributed by atoms with van der Waals surface area (Å²) in [6, 6.07) is 71.8. The summed E-state index contributed by atoms with van der Waals surface area (Å²) in [7, 11) is -2.76. The van der Waals surface area contributed by atoms with E-state index < -0.39 is 25.4 Å². The molecule has 0 saturated carbocycles. The molecule has 0 saturated heterocycles. The quantitative estimate of drug-likeness (QED) is 0.132. The molecule has 0 N–H and O–H groups in total. The van der Waals surface area contributed by atoms with Crippen molar-refractivity contribution >= 4 is 61.6 Å². The van der Waals surface area contributed by atoms with Gasteiger partial charge in [0.15, 0.2) is 0 Å². The Hall–Kier alpha value is -4.76. The van der Waals surface area contributed by atoms with Crippen LogP contribution < -0.4 is 30.2 Å². The molecule has 0 aliphatic rings. The molecule has 0 aromatic heterocycles. The van der Waals surface area contributed by atoms with Gasteiger partial charge in [0.2, 0.25) is 0 Å². The molecule has 4 heteroatoms. The zero-order chi connectivity index (χ0) is 31.9. The molecule has 7 rings (SSSR count). The van der Waals surface area contributed by atoms with E-state index in [1.54, 1.807) is 0 Å². The summed E-state index contributed by atoms with van der Waals surface area (Å²) in [5.74, 6) is -0.186. The molecule has 0 fully saturated rings. The van der Waals surface area contributed by atoms with E-state index in [9.17, 15) is 0 Å². The van der Waals surface area contributed by atoms with Gasteiger partial charge in [-0.05, 0) is 0 Å². The maximum absolute atomic E-state index is 15.2. The van der Waals surface area contributed by atoms with Crippen LogP contribution >= 0.6 is 7.05 Å². The van der Waals surface area contributed by atoms with Crippen LogP contribution in [-0.2, 0) is 0 Å². The Morgan fingerprint density at radius 2 is 0.681 bits per heavy atom. The van der Waals surface area contributed by atoms with Crippen molar-refractivity contribution in [2.45, 2.75) is 0 Å². The summed E-state index contributed by atoms with van der Waals surface area (Å²) in [5.41, 5.74) is 0.673. The number of carbonyl (C=O) groups excluding carboxylic acids is 1. The van der Waals surface area contributed by atoms with Gasteiger partial charge >= 0.3 is 283 Å². The number of benzene rings is 7. The third-order valence-corrected chi connectivity index (χ3v) is 26.3. The second-order valence-corrected chi connectivity index (χ2v) is 25.2. The van der Waals surface area contributed by atoms with E-state index in [1.807, 2.05) is 66.7 Å². The van der Waals surface area contributed by atoms with Gasteiger partial charge in [-0.2, -0.15) is 0 Å². The number of carbonyl (C=O) groups is 1. The molecule has 0 radical (unpaired) electrons. The molecule has 0 aliphatic heterocycles. The van der Waals surface area contributed by atoms with Gasteiger partial charge in [0, 0.05) is 0 Å². The third-order valence-electron chi connectivity index (χ3n) is 8.81. The average molecular weight is 730 g/mol. The second-order valence-electron chi connectivity index (χ2n) is 11.4. The molecule has 47 heavy (non-hydrogen) atoms. The first-order valence-electron chi connectivity index (χ1n) is 15.8. The SMILES string of the molecule is O=C(N=P(c1ccccc1)(c1ccccc1)c1ccccc1)c1cccc[c]1[Sn]([c]1ccccc1)([c]1ccccc1)[c]1ccccc1. The van der Waals surface area contributed by atoms with E-state index >= 15 is 4.79 Å². The predicted octanol–water partition coefficient (Wildman–Crippen LogP) is 6.38. The zero-order valence-electron chi connectivity index (χ0n) is 25.9. The number of nitrogens with zero attached hydrogens (tertiary/aromatic N) is 1. The van der Waals surface area contributed by atoms with Crippen molar-refractivity contribution in [3.63, 3.8) is 0 Å². The first-order chi connectivity index (χ1) is 23.2. The fourth-order valence-electron chi connectivity index (χ4n) is 6.77. The fraction of sp³-hybridized carbons (Fsp3) is 0. The van der Waals surface area contributed by atoms with Crippen LogP contribution in [0.2, 0.25) is 0 Å². The molecule has 7 aromatic carbocycles. The van der Waals surface area contributed by atoms with Crippen molar-refractivity contribution in [2.75, 3.05) is 0 Å². The van der Waals surface area contributed by atoms with Crippen molar-refractivity contribution in [3.05, 3.63) is 212 Å². The van der Waals surface area contributed by atoms with E-state index in [1.165, 1.54) is 10.7 Å². The van der Waals surface area contributed by atoms with Crippen molar-refractivity contribution in [2.24, 2.45) is 4.74 Å². The van der Waals surface area contributed by atoms with Gasteiger partial charge in [0.1, 0.15) is 0 Å². The first-order valence-corrected chi connectivity index (χ1v) is 23.3. The molecule has 0 heterocycles. The molecule has 0 aliphatic carbocycles. The summed E-state index contributed by atoms with van der Waals surface area (Å²) >= 11 is -4.12. The van der Waals surface area contributed by atoms with Gasteiger partial charge < -0.3 is 0 Å². The minimum absolute atomic E-state index is 0.186. The molecular weight excluding hydrogens is 696 g/mol. The molecule has 7 aromatic rings. The fourth-order valence-corrected chi connectivity index (χ4v) is 24.3. The van der Waals surface area contributed by atoms with Gasteiger partial charge in [-0.1, -0.05) is 0 Å². The maximum atomic E-state index is 15.2. The normalized spacial score (nSPS) is 11.5. The summed E-state index contributed by atoms with van der Waals surface area (Å²) in [6.07, 6.45) is 0. The summed E-state index contributed by atoms with van der Waals surface area (Å²) in [6.45, 7) is 0. The van der Waals surface area contributed by atoms with Crippen LogP contribution in [0, 0.1) is 0 Å².